The Morgan fingerprint density at radius 3 is 2.18 bits per heavy atom. The van der Waals surface area contributed by atoms with Crippen LogP contribution in [0, 0.1) is 0 Å². The van der Waals surface area contributed by atoms with Gasteiger partial charge in [0.15, 0.2) is 0 Å². The minimum atomic E-state index is -4.33. The van der Waals surface area contributed by atoms with Gasteiger partial charge in [-0.05, 0) is 24.3 Å². The van der Waals surface area contributed by atoms with E-state index in [2.05, 4.69) is 4.98 Å². The van der Waals surface area contributed by atoms with Crippen LogP contribution in [0.25, 0.3) is 0 Å². The topological polar surface area (TPSA) is 12.9 Å². The number of rotatable bonds is 2. The lowest BCUT2D eigenvalue weighted by Crippen LogP contribution is -2.04. The Kier molecular flexibility index (Phi) is 3.38. The second kappa shape index (κ2) is 4.79. The van der Waals surface area contributed by atoms with Gasteiger partial charge < -0.3 is 0 Å². The molecular weight excluding hydrogens is 247 g/mol. The summed E-state index contributed by atoms with van der Waals surface area (Å²) >= 11 is 1.33. The lowest BCUT2D eigenvalue weighted by molar-refractivity contribution is -0.137. The minimum Gasteiger partial charge on any atom is -0.249 e. The quantitative estimate of drug-likeness (QED) is 0.795. The van der Waals surface area contributed by atoms with Crippen LogP contribution in [0.3, 0.4) is 0 Å². The summed E-state index contributed by atoms with van der Waals surface area (Å²) in [4.78, 5) is 4.73. The van der Waals surface area contributed by atoms with Crippen molar-refractivity contribution in [1.29, 1.82) is 0 Å². The molecule has 2 rings (SSSR count). The molecule has 0 amide bonds. The van der Waals surface area contributed by atoms with Crippen LogP contribution in [0.4, 0.5) is 13.2 Å². The summed E-state index contributed by atoms with van der Waals surface area (Å²) in [5.74, 6) is 0. The number of hydrogen-bond acceptors (Lipinski definition) is 2. The smallest absolute Gasteiger partial charge is 0.249 e. The minimum absolute atomic E-state index is 0.546. The Morgan fingerprint density at radius 1 is 0.941 bits per heavy atom. The molecule has 0 unspecified atom stereocenters. The van der Waals surface area contributed by atoms with Crippen LogP contribution in [-0.2, 0) is 6.18 Å². The Bertz CT molecular complexity index is 479. The standard InChI is InChI=1S/C12H8F3NS/c13-12(14,15)9-6-7-11(16-8-9)17-10-4-2-1-3-5-10/h1-8H. The van der Waals surface area contributed by atoms with Crippen LogP contribution < -0.4 is 0 Å². The predicted molar refractivity (Wildman–Crippen MR) is 59.8 cm³/mol. The molecule has 5 heteroatoms. The Labute approximate surface area is 101 Å². The van der Waals surface area contributed by atoms with Crippen molar-refractivity contribution in [3.05, 3.63) is 54.2 Å². The Balaban J connectivity index is 2.14. The van der Waals surface area contributed by atoms with Gasteiger partial charge in [-0.1, -0.05) is 30.0 Å². The van der Waals surface area contributed by atoms with Gasteiger partial charge in [-0.15, -0.1) is 0 Å². The maximum Gasteiger partial charge on any atom is 0.417 e. The van der Waals surface area contributed by atoms with E-state index >= 15 is 0 Å². The highest BCUT2D eigenvalue weighted by Gasteiger charge is 2.30. The summed E-state index contributed by atoms with van der Waals surface area (Å²) in [6, 6.07) is 11.8. The third-order valence-corrected chi connectivity index (χ3v) is 2.99. The van der Waals surface area contributed by atoms with Crippen molar-refractivity contribution in [2.75, 3.05) is 0 Å². The lowest BCUT2D eigenvalue weighted by Gasteiger charge is -2.06. The number of pyridine rings is 1. The summed E-state index contributed by atoms with van der Waals surface area (Å²) in [5.41, 5.74) is -0.727. The van der Waals surface area contributed by atoms with Crippen molar-refractivity contribution in [3.63, 3.8) is 0 Å². The van der Waals surface area contributed by atoms with Crippen LogP contribution in [0.1, 0.15) is 5.56 Å². The van der Waals surface area contributed by atoms with Gasteiger partial charge in [-0.25, -0.2) is 4.98 Å². The van der Waals surface area contributed by atoms with E-state index in [9.17, 15) is 13.2 Å². The average molecular weight is 255 g/mol. The molecule has 0 atom stereocenters. The normalized spacial score (nSPS) is 11.5. The predicted octanol–water partition coefficient (Wildman–Crippen LogP) is 4.25. The zero-order chi connectivity index (χ0) is 12.3. The molecule has 0 saturated carbocycles. The van der Waals surface area contributed by atoms with E-state index in [1.807, 2.05) is 30.3 Å². The number of hydrogen-bond donors (Lipinski definition) is 0. The zero-order valence-electron chi connectivity index (χ0n) is 8.61. The summed E-state index contributed by atoms with van der Waals surface area (Å²) < 4.78 is 36.9. The van der Waals surface area contributed by atoms with Crippen molar-refractivity contribution in [1.82, 2.24) is 4.98 Å². The molecule has 2 aromatic rings. The maximum absolute atomic E-state index is 12.3. The number of benzene rings is 1. The highest BCUT2D eigenvalue weighted by atomic mass is 32.2. The van der Waals surface area contributed by atoms with E-state index < -0.39 is 11.7 Å². The monoisotopic (exact) mass is 255 g/mol. The van der Waals surface area contributed by atoms with Crippen molar-refractivity contribution < 1.29 is 13.2 Å². The first-order chi connectivity index (χ1) is 8.05. The van der Waals surface area contributed by atoms with Gasteiger partial charge in [0.25, 0.3) is 0 Å². The van der Waals surface area contributed by atoms with Crippen LogP contribution in [0.15, 0.2) is 58.6 Å². The molecule has 1 nitrogen and oxygen atoms in total. The van der Waals surface area contributed by atoms with E-state index in [1.165, 1.54) is 17.8 Å². The number of halogens is 3. The number of aromatic nitrogens is 1. The highest BCUT2D eigenvalue weighted by Crippen LogP contribution is 2.31. The molecule has 17 heavy (non-hydrogen) atoms. The first-order valence-electron chi connectivity index (χ1n) is 4.82. The van der Waals surface area contributed by atoms with Crippen LogP contribution in [-0.4, -0.2) is 4.98 Å². The highest BCUT2D eigenvalue weighted by molar-refractivity contribution is 7.99. The van der Waals surface area contributed by atoms with Crippen LogP contribution in [0.5, 0.6) is 0 Å². The molecular formula is C12H8F3NS. The molecule has 0 aliphatic heterocycles. The van der Waals surface area contributed by atoms with E-state index in [0.29, 0.717) is 5.03 Å². The third-order valence-electron chi connectivity index (χ3n) is 2.03. The SMILES string of the molecule is FC(F)(F)c1ccc(Sc2ccccc2)nc1. The van der Waals surface area contributed by atoms with Crippen molar-refractivity contribution >= 4 is 11.8 Å². The maximum atomic E-state index is 12.3. The van der Waals surface area contributed by atoms with Gasteiger partial charge in [0.2, 0.25) is 0 Å². The molecule has 1 aromatic heterocycles. The fraction of sp³-hybridized carbons (Fsp3) is 0.0833. The second-order valence-corrected chi connectivity index (χ2v) is 4.39. The zero-order valence-corrected chi connectivity index (χ0v) is 9.42. The van der Waals surface area contributed by atoms with Gasteiger partial charge in [-0.3, -0.25) is 0 Å². The second-order valence-electron chi connectivity index (χ2n) is 3.30. The van der Waals surface area contributed by atoms with Gasteiger partial charge in [-0.2, -0.15) is 13.2 Å². The van der Waals surface area contributed by atoms with E-state index in [1.54, 1.807) is 0 Å². The van der Waals surface area contributed by atoms with Gasteiger partial charge >= 0.3 is 6.18 Å². The summed E-state index contributed by atoms with van der Waals surface area (Å²) in [6.45, 7) is 0. The van der Waals surface area contributed by atoms with Crippen LogP contribution in [0.2, 0.25) is 0 Å². The Hall–Kier alpha value is -1.49. The van der Waals surface area contributed by atoms with E-state index in [-0.39, 0.29) is 0 Å². The molecule has 0 fully saturated rings. The Morgan fingerprint density at radius 2 is 1.65 bits per heavy atom. The molecule has 0 spiro atoms. The first-order valence-corrected chi connectivity index (χ1v) is 5.63. The molecule has 0 bridgehead atoms. The van der Waals surface area contributed by atoms with Crippen molar-refractivity contribution in [2.24, 2.45) is 0 Å². The molecule has 1 aromatic carbocycles. The van der Waals surface area contributed by atoms with Gasteiger partial charge in [0.1, 0.15) is 5.03 Å². The fourth-order valence-electron chi connectivity index (χ4n) is 1.22. The fourth-order valence-corrected chi connectivity index (χ4v) is 1.99. The summed E-state index contributed by atoms with van der Waals surface area (Å²) in [5, 5.41) is 0.546. The summed E-state index contributed by atoms with van der Waals surface area (Å²) in [7, 11) is 0. The van der Waals surface area contributed by atoms with E-state index in [4.69, 9.17) is 0 Å². The molecule has 0 N–H and O–H groups in total. The number of alkyl halides is 3. The molecule has 1 heterocycles. The first kappa shape index (κ1) is 12.0. The number of nitrogens with zero attached hydrogens (tertiary/aromatic N) is 1. The van der Waals surface area contributed by atoms with Gasteiger partial charge in [0.05, 0.1) is 5.56 Å². The van der Waals surface area contributed by atoms with Crippen molar-refractivity contribution in [2.45, 2.75) is 16.1 Å². The summed E-state index contributed by atoms with van der Waals surface area (Å²) in [6.07, 6.45) is -3.48. The molecule has 0 saturated heterocycles. The van der Waals surface area contributed by atoms with Gasteiger partial charge in [0, 0.05) is 11.1 Å². The lowest BCUT2D eigenvalue weighted by atomic mass is 10.3. The molecule has 0 aliphatic rings. The average Bonchev–Trinajstić information content (AvgIpc) is 2.30. The van der Waals surface area contributed by atoms with Crippen molar-refractivity contribution in [3.8, 4) is 0 Å². The van der Waals surface area contributed by atoms with Crippen LogP contribution >= 0.6 is 11.8 Å². The largest absolute Gasteiger partial charge is 0.417 e. The molecule has 88 valence electrons. The molecule has 0 aliphatic carbocycles. The molecule has 0 radical (unpaired) electrons. The third kappa shape index (κ3) is 3.23. The van der Waals surface area contributed by atoms with E-state index in [0.717, 1.165) is 17.2 Å².